The van der Waals surface area contributed by atoms with Crippen molar-refractivity contribution in [2.75, 3.05) is 45.8 Å². The minimum atomic E-state index is 0.200. The molecule has 1 fully saturated rings. The largest absolute Gasteiger partial charge is 0.357 e. The second kappa shape index (κ2) is 12.1. The molecule has 1 rings (SSSR count). The zero-order valence-electron chi connectivity index (χ0n) is 16.1. The molecule has 1 saturated heterocycles. The molecule has 0 aromatic carbocycles. The molecule has 1 aliphatic heterocycles. The highest BCUT2D eigenvalue weighted by atomic mass is 16.2. The van der Waals surface area contributed by atoms with Crippen molar-refractivity contribution in [2.45, 2.75) is 59.4 Å². The van der Waals surface area contributed by atoms with Crippen LogP contribution >= 0.6 is 0 Å². The van der Waals surface area contributed by atoms with Gasteiger partial charge in [-0.1, -0.05) is 6.42 Å². The summed E-state index contributed by atoms with van der Waals surface area (Å²) >= 11 is 0. The van der Waals surface area contributed by atoms with E-state index in [1.54, 1.807) is 0 Å². The average Bonchev–Trinajstić information content (AvgIpc) is 2.57. The van der Waals surface area contributed by atoms with E-state index in [4.69, 9.17) is 0 Å². The molecule has 1 unspecified atom stereocenters. The maximum atomic E-state index is 12.0. The third-order valence-corrected chi connectivity index (χ3v) is 4.69. The number of guanidine groups is 1. The topological polar surface area (TPSA) is 60.0 Å². The SMILES string of the molecule is CCNC(=NCCN1CCCCC1C)NCCC(=O)N(CC)CC. The molecule has 24 heavy (non-hydrogen) atoms. The Morgan fingerprint density at radius 3 is 2.58 bits per heavy atom. The van der Waals surface area contributed by atoms with Gasteiger partial charge in [0.2, 0.25) is 5.91 Å². The maximum absolute atomic E-state index is 12.0. The molecule has 140 valence electrons. The van der Waals surface area contributed by atoms with Crippen molar-refractivity contribution in [3.63, 3.8) is 0 Å². The van der Waals surface area contributed by atoms with Gasteiger partial charge in [0, 0.05) is 45.2 Å². The lowest BCUT2D eigenvalue weighted by atomic mass is 10.0. The zero-order chi connectivity index (χ0) is 17.8. The highest BCUT2D eigenvalue weighted by Crippen LogP contribution is 2.15. The van der Waals surface area contributed by atoms with Crippen LogP contribution in [0.25, 0.3) is 0 Å². The molecule has 0 bridgehead atoms. The number of hydrogen-bond donors (Lipinski definition) is 2. The number of amides is 1. The van der Waals surface area contributed by atoms with Crippen molar-refractivity contribution in [2.24, 2.45) is 4.99 Å². The van der Waals surface area contributed by atoms with Crippen LogP contribution < -0.4 is 10.6 Å². The Bertz CT molecular complexity index is 382. The number of aliphatic imine (C=N–C) groups is 1. The molecule has 2 N–H and O–H groups in total. The van der Waals surface area contributed by atoms with Crippen LogP contribution in [0.2, 0.25) is 0 Å². The van der Waals surface area contributed by atoms with Crippen LogP contribution in [0.3, 0.4) is 0 Å². The Kier molecular flexibility index (Phi) is 10.5. The van der Waals surface area contributed by atoms with E-state index in [9.17, 15) is 4.79 Å². The zero-order valence-corrected chi connectivity index (χ0v) is 16.1. The van der Waals surface area contributed by atoms with Crippen LogP contribution in [-0.2, 0) is 4.79 Å². The molecular formula is C18H37N5O. The molecule has 0 aromatic heterocycles. The van der Waals surface area contributed by atoms with Crippen molar-refractivity contribution in [3.8, 4) is 0 Å². The highest BCUT2D eigenvalue weighted by molar-refractivity contribution is 5.81. The molecule has 6 heteroatoms. The minimum absolute atomic E-state index is 0.200. The van der Waals surface area contributed by atoms with Crippen LogP contribution in [0.15, 0.2) is 4.99 Å². The Morgan fingerprint density at radius 2 is 1.96 bits per heavy atom. The van der Waals surface area contributed by atoms with Crippen molar-refractivity contribution < 1.29 is 4.79 Å². The van der Waals surface area contributed by atoms with Gasteiger partial charge in [-0.25, -0.2) is 0 Å². The van der Waals surface area contributed by atoms with Gasteiger partial charge in [-0.2, -0.15) is 0 Å². The molecule has 1 atom stereocenters. The lowest BCUT2D eigenvalue weighted by molar-refractivity contribution is -0.130. The van der Waals surface area contributed by atoms with Gasteiger partial charge in [-0.05, 0) is 47.1 Å². The first-order valence-electron chi connectivity index (χ1n) is 9.66. The fourth-order valence-corrected chi connectivity index (χ4v) is 3.14. The molecule has 0 saturated carbocycles. The summed E-state index contributed by atoms with van der Waals surface area (Å²) in [7, 11) is 0. The first kappa shape index (κ1) is 20.7. The molecule has 0 aromatic rings. The predicted octanol–water partition coefficient (Wildman–Crippen LogP) is 1.67. The van der Waals surface area contributed by atoms with Gasteiger partial charge in [-0.15, -0.1) is 0 Å². The van der Waals surface area contributed by atoms with Gasteiger partial charge in [0.15, 0.2) is 5.96 Å². The van der Waals surface area contributed by atoms with Crippen LogP contribution in [0, 0.1) is 0 Å². The summed E-state index contributed by atoms with van der Waals surface area (Å²) in [4.78, 5) is 21.1. The number of piperidine rings is 1. The third kappa shape index (κ3) is 7.51. The Balaban J connectivity index is 2.35. The smallest absolute Gasteiger partial charge is 0.224 e. The molecule has 1 amide bonds. The summed E-state index contributed by atoms with van der Waals surface area (Å²) in [5.41, 5.74) is 0. The summed E-state index contributed by atoms with van der Waals surface area (Å²) in [6.45, 7) is 14.4. The molecule has 6 nitrogen and oxygen atoms in total. The van der Waals surface area contributed by atoms with Crippen LogP contribution in [0.5, 0.6) is 0 Å². The summed E-state index contributed by atoms with van der Waals surface area (Å²) in [6.07, 6.45) is 4.47. The Morgan fingerprint density at radius 1 is 1.21 bits per heavy atom. The summed E-state index contributed by atoms with van der Waals surface area (Å²) in [5, 5.41) is 6.53. The summed E-state index contributed by atoms with van der Waals surface area (Å²) in [6, 6.07) is 0.677. The Hall–Kier alpha value is -1.30. The van der Waals surface area contributed by atoms with E-state index in [0.717, 1.165) is 38.7 Å². The van der Waals surface area contributed by atoms with E-state index in [2.05, 4.69) is 34.4 Å². The van der Waals surface area contributed by atoms with Gasteiger partial charge in [0.25, 0.3) is 0 Å². The fourth-order valence-electron chi connectivity index (χ4n) is 3.14. The Labute approximate surface area is 148 Å². The van der Waals surface area contributed by atoms with Gasteiger partial charge in [0.1, 0.15) is 0 Å². The number of likely N-dealkylation sites (tertiary alicyclic amines) is 1. The van der Waals surface area contributed by atoms with E-state index in [1.807, 2.05) is 18.7 Å². The normalized spacial score (nSPS) is 19.2. The van der Waals surface area contributed by atoms with E-state index >= 15 is 0 Å². The third-order valence-electron chi connectivity index (χ3n) is 4.69. The minimum Gasteiger partial charge on any atom is -0.357 e. The highest BCUT2D eigenvalue weighted by Gasteiger charge is 2.17. The molecule has 0 spiro atoms. The molecular weight excluding hydrogens is 302 g/mol. The first-order valence-corrected chi connectivity index (χ1v) is 9.66. The van der Waals surface area contributed by atoms with Crippen LogP contribution in [-0.4, -0.2) is 73.5 Å². The quantitative estimate of drug-likeness (QED) is 0.496. The summed E-state index contributed by atoms with van der Waals surface area (Å²) in [5.74, 6) is 1.01. The number of rotatable bonds is 9. The number of hydrogen-bond acceptors (Lipinski definition) is 3. The molecule has 0 radical (unpaired) electrons. The molecule has 0 aliphatic carbocycles. The van der Waals surface area contributed by atoms with Crippen LogP contribution in [0.4, 0.5) is 0 Å². The van der Waals surface area contributed by atoms with Crippen LogP contribution in [0.1, 0.15) is 53.4 Å². The summed E-state index contributed by atoms with van der Waals surface area (Å²) < 4.78 is 0. The average molecular weight is 340 g/mol. The fraction of sp³-hybridized carbons (Fsp3) is 0.889. The van der Waals surface area contributed by atoms with Gasteiger partial charge in [0.05, 0.1) is 6.54 Å². The lowest BCUT2D eigenvalue weighted by Crippen LogP contribution is -2.42. The van der Waals surface area contributed by atoms with E-state index in [0.29, 0.717) is 19.0 Å². The number of carbonyl (C=O) groups is 1. The second-order valence-electron chi connectivity index (χ2n) is 6.38. The number of carbonyl (C=O) groups excluding carboxylic acids is 1. The standard InChI is InChI=1S/C18H37N5O/c1-5-19-18(20-12-11-17(24)22(6-2)7-3)21-13-15-23-14-9-8-10-16(23)4/h16H,5-15H2,1-4H3,(H2,19,20,21). The monoisotopic (exact) mass is 339 g/mol. The molecule has 1 aliphatic rings. The van der Waals surface area contributed by atoms with E-state index < -0.39 is 0 Å². The lowest BCUT2D eigenvalue weighted by Gasteiger charge is -2.32. The second-order valence-corrected chi connectivity index (χ2v) is 6.38. The van der Waals surface area contributed by atoms with E-state index in [1.165, 1.54) is 25.8 Å². The van der Waals surface area contributed by atoms with Gasteiger partial charge < -0.3 is 15.5 Å². The van der Waals surface area contributed by atoms with Gasteiger partial charge >= 0.3 is 0 Å². The van der Waals surface area contributed by atoms with Gasteiger partial charge in [-0.3, -0.25) is 14.7 Å². The van der Waals surface area contributed by atoms with Crippen molar-refractivity contribution in [3.05, 3.63) is 0 Å². The number of nitrogens with one attached hydrogen (secondary N) is 2. The first-order chi connectivity index (χ1) is 11.6. The van der Waals surface area contributed by atoms with Crippen molar-refractivity contribution >= 4 is 11.9 Å². The predicted molar refractivity (Wildman–Crippen MR) is 101 cm³/mol. The van der Waals surface area contributed by atoms with E-state index in [-0.39, 0.29) is 5.91 Å². The molecule has 1 heterocycles. The maximum Gasteiger partial charge on any atom is 0.224 e. The van der Waals surface area contributed by atoms with Crippen molar-refractivity contribution in [1.82, 2.24) is 20.4 Å². The van der Waals surface area contributed by atoms with Crippen molar-refractivity contribution in [1.29, 1.82) is 0 Å². The number of nitrogens with zero attached hydrogens (tertiary/aromatic N) is 3.